The highest BCUT2D eigenvalue weighted by molar-refractivity contribution is 7.86. The van der Waals surface area contributed by atoms with E-state index < -0.39 is 33.9 Å². The van der Waals surface area contributed by atoms with Gasteiger partial charge in [0.1, 0.15) is 22.8 Å². The molecule has 0 radical (unpaired) electrons. The fourth-order valence-corrected chi connectivity index (χ4v) is 2.71. The number of aromatic nitrogens is 4. The van der Waals surface area contributed by atoms with Crippen LogP contribution < -0.4 is 16.7 Å². The van der Waals surface area contributed by atoms with Crippen molar-refractivity contribution < 1.29 is 28.1 Å². The minimum absolute atomic E-state index is 0.00487. The van der Waals surface area contributed by atoms with E-state index in [1.807, 2.05) is 4.98 Å². The van der Waals surface area contributed by atoms with E-state index >= 15 is 0 Å². The molecule has 0 saturated heterocycles. The summed E-state index contributed by atoms with van der Waals surface area (Å²) in [6.07, 6.45) is 0. The van der Waals surface area contributed by atoms with E-state index in [2.05, 4.69) is 15.0 Å². The predicted molar refractivity (Wildman–Crippen MR) is 90.0 cm³/mol. The number of H-pyrrole nitrogens is 3. The first-order chi connectivity index (χ1) is 12.6. The minimum Gasteiger partial charge on any atom is -0.480 e. The molecule has 14 heteroatoms. The van der Waals surface area contributed by atoms with Gasteiger partial charge in [0, 0.05) is 5.56 Å². The molecule has 0 bridgehead atoms. The van der Waals surface area contributed by atoms with Crippen LogP contribution in [0.5, 0.6) is 0 Å². The molecule has 0 amide bonds. The van der Waals surface area contributed by atoms with Gasteiger partial charge in [-0.2, -0.15) is 13.9 Å². The molecule has 0 saturated carbocycles. The second-order valence-electron chi connectivity index (χ2n) is 4.92. The number of nitrogens with zero attached hydrogens (tertiary/aromatic N) is 1. The van der Waals surface area contributed by atoms with Crippen LogP contribution >= 0.6 is 0 Å². The minimum atomic E-state index is -4.46. The first-order valence-electron chi connectivity index (χ1n) is 7.01. The number of imidazole rings is 1. The lowest BCUT2D eigenvalue weighted by atomic mass is 10.2. The van der Waals surface area contributed by atoms with Crippen molar-refractivity contribution in [3.63, 3.8) is 0 Å². The number of rotatable bonds is 4. The number of hydrogen-bond acceptors (Lipinski definition) is 8. The largest absolute Gasteiger partial charge is 0.480 e. The molecule has 27 heavy (non-hydrogen) atoms. The molecule has 0 aliphatic rings. The Morgan fingerprint density at radius 1 is 1.15 bits per heavy atom. The molecule has 0 atom stereocenters. The van der Waals surface area contributed by atoms with Crippen molar-refractivity contribution >= 4 is 27.3 Å². The zero-order valence-corrected chi connectivity index (χ0v) is 14.1. The van der Waals surface area contributed by atoms with Gasteiger partial charge in [-0.25, -0.2) is 9.78 Å². The van der Waals surface area contributed by atoms with Crippen LogP contribution in [-0.2, 0) is 14.9 Å². The first-order valence-corrected chi connectivity index (χ1v) is 8.45. The molecule has 0 aliphatic heterocycles. The van der Waals surface area contributed by atoms with Gasteiger partial charge in [-0.1, -0.05) is 12.1 Å². The summed E-state index contributed by atoms with van der Waals surface area (Å²) >= 11 is 0. The molecule has 0 fully saturated rings. The zero-order valence-electron chi connectivity index (χ0n) is 13.3. The van der Waals surface area contributed by atoms with Crippen molar-refractivity contribution in [2.45, 2.75) is 4.90 Å². The van der Waals surface area contributed by atoms with Crippen molar-refractivity contribution in [2.24, 2.45) is 0 Å². The maximum atomic E-state index is 11.6. The van der Waals surface area contributed by atoms with Crippen molar-refractivity contribution in [3.05, 3.63) is 45.1 Å². The maximum absolute atomic E-state index is 11.6. The lowest BCUT2D eigenvalue weighted by Crippen LogP contribution is -2.21. The number of carbonyl (C=O) groups is 1. The second kappa shape index (κ2) is 7.92. The lowest BCUT2D eigenvalue weighted by Gasteiger charge is -2.03. The number of carboxylic acid groups (broad SMARTS) is 1. The highest BCUT2D eigenvalue weighted by Crippen LogP contribution is 2.25. The van der Waals surface area contributed by atoms with E-state index in [0.29, 0.717) is 0 Å². The van der Waals surface area contributed by atoms with Crippen molar-refractivity contribution in [1.29, 1.82) is 0 Å². The monoisotopic (exact) mass is 399 g/mol. The van der Waals surface area contributed by atoms with Crippen molar-refractivity contribution in [2.75, 3.05) is 6.54 Å². The number of aliphatic carboxylic acids is 1. The van der Waals surface area contributed by atoms with E-state index in [0.717, 1.165) is 0 Å². The summed E-state index contributed by atoms with van der Waals surface area (Å²) in [5.74, 6) is -1.04. The van der Waals surface area contributed by atoms with Crippen LogP contribution in [0.1, 0.15) is 0 Å². The van der Waals surface area contributed by atoms with E-state index in [1.54, 1.807) is 6.07 Å². The van der Waals surface area contributed by atoms with Gasteiger partial charge < -0.3 is 15.3 Å². The average Bonchev–Trinajstić information content (AvgIpc) is 2.99. The van der Waals surface area contributed by atoms with Crippen LogP contribution in [0.25, 0.3) is 22.6 Å². The zero-order chi connectivity index (χ0) is 20.2. The van der Waals surface area contributed by atoms with Gasteiger partial charge in [-0.3, -0.25) is 24.1 Å². The molecule has 3 rings (SSSR count). The van der Waals surface area contributed by atoms with E-state index in [-0.39, 0.29) is 27.4 Å². The molecular formula is C13H13N5O8S. The predicted octanol–water partition coefficient (Wildman–Crippen LogP) is -1.10. The van der Waals surface area contributed by atoms with Crippen molar-refractivity contribution in [1.82, 2.24) is 25.4 Å². The number of nitrogens with one attached hydrogen (secondary N) is 4. The summed E-state index contributed by atoms with van der Waals surface area (Å²) in [5.41, 5.74) is 0.121. The quantitative estimate of drug-likeness (QED) is 0.207. The summed E-state index contributed by atoms with van der Waals surface area (Å²) in [5, 5.41) is 15.3. The molecule has 0 aliphatic carbocycles. The van der Waals surface area contributed by atoms with Gasteiger partial charge in [-0.15, -0.1) is 0 Å². The van der Waals surface area contributed by atoms with Gasteiger partial charge in [0.05, 0.1) is 0 Å². The number of fused-ring (bicyclic) bond motifs is 1. The van der Waals surface area contributed by atoms with E-state index in [1.165, 1.54) is 23.7 Å². The van der Waals surface area contributed by atoms with E-state index in [9.17, 15) is 27.4 Å². The third-order valence-corrected chi connectivity index (χ3v) is 3.95. The number of carboxylic acids is 1. The number of hydrogen-bond donors (Lipinski definition) is 7. The van der Waals surface area contributed by atoms with Crippen LogP contribution in [0.3, 0.4) is 0 Å². The molecule has 3 aromatic rings. The first kappa shape index (κ1) is 20.0. The molecular weight excluding hydrogens is 386 g/mol. The fraction of sp³-hybridized carbons (Fsp3) is 0.0769. The van der Waals surface area contributed by atoms with Crippen LogP contribution in [0.2, 0.25) is 0 Å². The number of hydroxylamine groups is 1. The Balaban J connectivity index is 0.000000380. The third-order valence-electron chi connectivity index (χ3n) is 3.04. The molecule has 13 nitrogen and oxygen atoms in total. The topological polar surface area (TPSA) is 218 Å². The Labute approximate surface area is 149 Å². The molecule has 2 aromatic heterocycles. The summed E-state index contributed by atoms with van der Waals surface area (Å²) in [6.45, 7) is -0.403. The fourth-order valence-electron chi connectivity index (χ4n) is 2.01. The number of aromatic amines is 3. The van der Waals surface area contributed by atoms with Gasteiger partial charge >= 0.3 is 11.7 Å². The standard InChI is InChI=1S/C11H8N4O5S.C2H5NO3/c16-10-7-9(14-11(17)15-10)13-8(12-7)5-3-1-2-4-6(5)21(18,19)20;4-2(5)1-3-6/h1-4H,(H,18,19,20)(H3,12,13,14,15,16,17);3,6H,1H2,(H,4,5). The SMILES string of the molecule is O=C(O)CNO.O=c1[nH]c(=O)c2[nH]c(-c3ccccc3S(=O)(=O)O)nc2[nH]1. The Morgan fingerprint density at radius 3 is 2.37 bits per heavy atom. The molecule has 0 unspecified atom stereocenters. The lowest BCUT2D eigenvalue weighted by molar-refractivity contribution is -0.137. The Kier molecular flexibility index (Phi) is 5.86. The second-order valence-corrected chi connectivity index (χ2v) is 6.31. The third kappa shape index (κ3) is 4.85. The summed E-state index contributed by atoms with van der Waals surface area (Å²) in [4.78, 5) is 42.7. The Bertz CT molecular complexity index is 1190. The van der Waals surface area contributed by atoms with Crippen molar-refractivity contribution in [3.8, 4) is 11.4 Å². The summed E-state index contributed by atoms with van der Waals surface area (Å²) < 4.78 is 31.9. The van der Waals surface area contributed by atoms with Crippen LogP contribution in [-0.4, -0.2) is 55.7 Å². The molecule has 1 aromatic carbocycles. The highest BCUT2D eigenvalue weighted by Gasteiger charge is 2.19. The van der Waals surface area contributed by atoms with Gasteiger partial charge in [0.25, 0.3) is 15.7 Å². The summed E-state index contributed by atoms with van der Waals surface area (Å²) in [7, 11) is -4.46. The summed E-state index contributed by atoms with van der Waals surface area (Å²) in [6, 6.07) is 5.59. The Morgan fingerprint density at radius 2 is 1.81 bits per heavy atom. The smallest absolute Gasteiger partial charge is 0.327 e. The highest BCUT2D eigenvalue weighted by atomic mass is 32.2. The average molecular weight is 399 g/mol. The van der Waals surface area contributed by atoms with Crippen LogP contribution in [0, 0.1) is 0 Å². The molecule has 0 spiro atoms. The molecule has 7 N–H and O–H groups in total. The molecule has 144 valence electrons. The van der Waals surface area contributed by atoms with Gasteiger partial charge in [-0.05, 0) is 12.1 Å². The van der Waals surface area contributed by atoms with E-state index in [4.69, 9.17) is 10.3 Å². The van der Waals surface area contributed by atoms with Crippen LogP contribution in [0.15, 0.2) is 38.8 Å². The Hall–Kier alpha value is -3.33. The molecule has 2 heterocycles. The van der Waals surface area contributed by atoms with Gasteiger partial charge in [0.2, 0.25) is 0 Å². The normalized spacial score (nSPS) is 11.0. The maximum Gasteiger partial charge on any atom is 0.327 e. The number of benzene rings is 1. The van der Waals surface area contributed by atoms with Gasteiger partial charge in [0.15, 0.2) is 5.65 Å². The van der Waals surface area contributed by atoms with Crippen LogP contribution in [0.4, 0.5) is 0 Å².